The van der Waals surface area contributed by atoms with Crippen LogP contribution in [0.5, 0.6) is 5.75 Å². The molecule has 1 spiro atoms. The highest BCUT2D eigenvalue weighted by atomic mass is 16.5. The predicted molar refractivity (Wildman–Crippen MR) is 87.5 cm³/mol. The minimum atomic E-state index is 0.192. The summed E-state index contributed by atoms with van der Waals surface area (Å²) in [5.41, 5.74) is 4.19. The smallest absolute Gasteiger partial charge is 0.222 e. The third kappa shape index (κ3) is 2.74. The van der Waals surface area contributed by atoms with Gasteiger partial charge in [-0.2, -0.15) is 0 Å². The second-order valence-corrected chi connectivity index (χ2v) is 7.34. The highest BCUT2D eigenvalue weighted by molar-refractivity contribution is 5.77. The molecule has 4 heteroatoms. The number of rotatable bonds is 3. The van der Waals surface area contributed by atoms with Gasteiger partial charge in [-0.15, -0.1) is 0 Å². The van der Waals surface area contributed by atoms with E-state index in [1.165, 1.54) is 17.5 Å². The molecule has 1 aromatic carbocycles. The number of fused-ring (bicyclic) bond motifs is 1. The number of benzene rings is 1. The van der Waals surface area contributed by atoms with Crippen LogP contribution < -0.4 is 4.74 Å². The molecule has 124 valence electrons. The average molecular weight is 315 g/mol. The number of methoxy groups -OCH3 is 1. The number of hydrogen-bond donors (Lipinski definition) is 0. The van der Waals surface area contributed by atoms with Crippen molar-refractivity contribution >= 4 is 5.91 Å². The summed E-state index contributed by atoms with van der Waals surface area (Å²) < 4.78 is 11.2. The number of aryl methyl sites for hydroxylation is 2. The van der Waals surface area contributed by atoms with Crippen LogP contribution in [0.1, 0.15) is 42.4 Å². The molecule has 0 N–H and O–H groups in total. The highest BCUT2D eigenvalue weighted by Crippen LogP contribution is 2.39. The molecule has 1 amide bonds. The molecule has 2 fully saturated rings. The number of carbonyl (C=O) groups excluding carboxylic acids is 1. The zero-order chi connectivity index (χ0) is 15.9. The molecule has 23 heavy (non-hydrogen) atoms. The van der Waals surface area contributed by atoms with E-state index in [9.17, 15) is 4.79 Å². The third-order valence-corrected chi connectivity index (χ3v) is 5.79. The van der Waals surface area contributed by atoms with E-state index in [1.54, 1.807) is 7.11 Å². The number of hydrogen-bond acceptors (Lipinski definition) is 3. The Hall–Kier alpha value is -1.55. The first-order valence-electron chi connectivity index (χ1n) is 8.73. The van der Waals surface area contributed by atoms with Gasteiger partial charge < -0.3 is 14.4 Å². The molecule has 2 aliphatic heterocycles. The Morgan fingerprint density at radius 2 is 2.04 bits per heavy atom. The fourth-order valence-corrected chi connectivity index (χ4v) is 4.39. The SMILES string of the molecule is COc1cc2c(cc1CN1CC3(CCOC3)CCC1=O)CCC2. The second kappa shape index (κ2) is 5.82. The van der Waals surface area contributed by atoms with Crippen molar-refractivity contribution in [1.29, 1.82) is 0 Å². The van der Waals surface area contributed by atoms with Crippen LogP contribution in [0.4, 0.5) is 0 Å². The Morgan fingerprint density at radius 3 is 2.78 bits per heavy atom. The molecule has 0 bridgehead atoms. The first-order chi connectivity index (χ1) is 11.2. The van der Waals surface area contributed by atoms with Crippen LogP contribution in [0.3, 0.4) is 0 Å². The largest absolute Gasteiger partial charge is 0.496 e. The number of carbonyl (C=O) groups is 1. The van der Waals surface area contributed by atoms with Crippen molar-refractivity contribution in [2.24, 2.45) is 5.41 Å². The number of nitrogens with zero attached hydrogens (tertiary/aromatic N) is 1. The minimum Gasteiger partial charge on any atom is -0.496 e. The van der Waals surface area contributed by atoms with Gasteiger partial charge in [0.25, 0.3) is 0 Å². The summed E-state index contributed by atoms with van der Waals surface area (Å²) in [5.74, 6) is 1.20. The lowest BCUT2D eigenvalue weighted by Crippen LogP contribution is -2.46. The van der Waals surface area contributed by atoms with E-state index in [4.69, 9.17) is 9.47 Å². The third-order valence-electron chi connectivity index (χ3n) is 5.79. The van der Waals surface area contributed by atoms with Crippen LogP contribution in [0.2, 0.25) is 0 Å². The van der Waals surface area contributed by atoms with Crippen molar-refractivity contribution in [2.75, 3.05) is 26.9 Å². The van der Waals surface area contributed by atoms with E-state index in [0.29, 0.717) is 13.0 Å². The van der Waals surface area contributed by atoms with Gasteiger partial charge in [0.05, 0.1) is 13.7 Å². The van der Waals surface area contributed by atoms with Crippen LogP contribution in [0.25, 0.3) is 0 Å². The standard InChI is InChI=1S/C19H25NO3/c1-22-17-10-15-4-2-3-14(15)9-16(17)11-20-12-19(6-5-18(20)21)7-8-23-13-19/h9-10H,2-8,11-13H2,1H3. The Balaban J connectivity index is 1.58. The van der Waals surface area contributed by atoms with Crippen molar-refractivity contribution in [3.8, 4) is 5.75 Å². The number of piperidine rings is 1. The molecule has 0 saturated carbocycles. The maximum absolute atomic E-state index is 12.4. The molecule has 4 nitrogen and oxygen atoms in total. The Labute approximate surface area is 137 Å². The van der Waals surface area contributed by atoms with E-state index in [1.807, 2.05) is 4.90 Å². The fourth-order valence-electron chi connectivity index (χ4n) is 4.39. The summed E-state index contributed by atoms with van der Waals surface area (Å²) in [6.45, 7) is 3.13. The van der Waals surface area contributed by atoms with E-state index in [0.717, 1.165) is 56.8 Å². The van der Waals surface area contributed by atoms with Crippen molar-refractivity contribution in [2.45, 2.75) is 45.1 Å². The molecule has 2 saturated heterocycles. The number of amides is 1. The number of ether oxygens (including phenoxy) is 2. The molecule has 1 aromatic rings. The number of likely N-dealkylation sites (tertiary alicyclic amines) is 1. The molecule has 4 rings (SSSR count). The zero-order valence-electron chi connectivity index (χ0n) is 13.9. The Morgan fingerprint density at radius 1 is 1.22 bits per heavy atom. The van der Waals surface area contributed by atoms with Crippen LogP contribution in [-0.4, -0.2) is 37.7 Å². The van der Waals surface area contributed by atoms with E-state index in [2.05, 4.69) is 12.1 Å². The summed E-state index contributed by atoms with van der Waals surface area (Å²) in [6, 6.07) is 4.45. The zero-order valence-corrected chi connectivity index (χ0v) is 13.9. The highest BCUT2D eigenvalue weighted by Gasteiger charge is 2.41. The monoisotopic (exact) mass is 315 g/mol. The molecule has 0 aromatic heterocycles. The van der Waals surface area contributed by atoms with Gasteiger partial charge in [0.2, 0.25) is 5.91 Å². The summed E-state index contributed by atoms with van der Waals surface area (Å²) in [7, 11) is 1.73. The van der Waals surface area contributed by atoms with Crippen LogP contribution in [0.15, 0.2) is 12.1 Å². The van der Waals surface area contributed by atoms with Crippen LogP contribution in [0, 0.1) is 5.41 Å². The van der Waals surface area contributed by atoms with Gasteiger partial charge in [-0.05, 0) is 49.3 Å². The molecular weight excluding hydrogens is 290 g/mol. The molecule has 1 unspecified atom stereocenters. The van der Waals surface area contributed by atoms with Gasteiger partial charge in [-0.25, -0.2) is 0 Å². The molecule has 0 radical (unpaired) electrons. The van der Waals surface area contributed by atoms with Crippen LogP contribution in [-0.2, 0) is 28.9 Å². The summed E-state index contributed by atoms with van der Waals surface area (Å²) in [4.78, 5) is 14.4. The molecule has 3 aliphatic rings. The summed E-state index contributed by atoms with van der Waals surface area (Å²) >= 11 is 0. The normalized spacial score (nSPS) is 26.8. The molecule has 1 aliphatic carbocycles. The predicted octanol–water partition coefficient (Wildman–Crippen LogP) is 2.71. The van der Waals surface area contributed by atoms with Crippen molar-refractivity contribution < 1.29 is 14.3 Å². The lowest BCUT2D eigenvalue weighted by molar-refractivity contribution is -0.138. The maximum Gasteiger partial charge on any atom is 0.222 e. The molecule has 1 atom stereocenters. The van der Waals surface area contributed by atoms with Crippen molar-refractivity contribution in [3.63, 3.8) is 0 Å². The lowest BCUT2D eigenvalue weighted by atomic mass is 9.79. The fraction of sp³-hybridized carbons (Fsp3) is 0.632. The molecule has 2 heterocycles. The van der Waals surface area contributed by atoms with Gasteiger partial charge in [0, 0.05) is 37.1 Å². The van der Waals surface area contributed by atoms with Crippen molar-refractivity contribution in [3.05, 3.63) is 28.8 Å². The first kappa shape index (κ1) is 15.0. The topological polar surface area (TPSA) is 38.8 Å². The van der Waals surface area contributed by atoms with Gasteiger partial charge in [0.15, 0.2) is 0 Å². The average Bonchev–Trinajstić information content (AvgIpc) is 3.19. The van der Waals surface area contributed by atoms with Gasteiger partial charge in [0.1, 0.15) is 5.75 Å². The second-order valence-electron chi connectivity index (χ2n) is 7.34. The Bertz CT molecular complexity index is 619. The van der Waals surface area contributed by atoms with Gasteiger partial charge in [-0.3, -0.25) is 4.79 Å². The van der Waals surface area contributed by atoms with Crippen molar-refractivity contribution in [1.82, 2.24) is 4.90 Å². The first-order valence-corrected chi connectivity index (χ1v) is 8.73. The quantitative estimate of drug-likeness (QED) is 0.861. The summed E-state index contributed by atoms with van der Waals surface area (Å²) in [6.07, 6.45) is 6.23. The lowest BCUT2D eigenvalue weighted by Gasteiger charge is -2.39. The van der Waals surface area contributed by atoms with Gasteiger partial charge >= 0.3 is 0 Å². The van der Waals surface area contributed by atoms with Crippen LogP contribution >= 0.6 is 0 Å². The van der Waals surface area contributed by atoms with E-state index < -0.39 is 0 Å². The Kier molecular flexibility index (Phi) is 3.80. The summed E-state index contributed by atoms with van der Waals surface area (Å²) in [5, 5.41) is 0. The van der Waals surface area contributed by atoms with E-state index >= 15 is 0 Å². The minimum absolute atomic E-state index is 0.192. The van der Waals surface area contributed by atoms with E-state index in [-0.39, 0.29) is 11.3 Å². The molecular formula is C19H25NO3. The maximum atomic E-state index is 12.4. The van der Waals surface area contributed by atoms with Gasteiger partial charge in [-0.1, -0.05) is 6.07 Å².